The normalized spacial score (nSPS) is 11.1. The Morgan fingerprint density at radius 2 is 1.33 bits per heavy atom. The molecule has 1 amide bonds. The van der Waals surface area contributed by atoms with Gasteiger partial charge in [-0.3, -0.25) is 9.10 Å². The largest absolute Gasteiger partial charge is 0.321 e. The molecule has 0 aromatic heterocycles. The first-order chi connectivity index (χ1) is 15.9. The molecular formula is C27H24N2O3S. The van der Waals surface area contributed by atoms with Gasteiger partial charge in [-0.1, -0.05) is 78.9 Å². The quantitative estimate of drug-likeness (QED) is 0.395. The Labute approximate surface area is 194 Å². The minimum Gasteiger partial charge on any atom is -0.321 e. The Kier molecular flexibility index (Phi) is 6.56. The number of nitrogens with one attached hydrogen (secondary N) is 1. The lowest BCUT2D eigenvalue weighted by Crippen LogP contribution is -2.29. The van der Waals surface area contributed by atoms with Crippen LogP contribution in [0, 0.1) is 0 Å². The highest BCUT2D eigenvalue weighted by Crippen LogP contribution is 2.28. The number of para-hydroxylation sites is 2. The van der Waals surface area contributed by atoms with Crippen LogP contribution in [0.3, 0.4) is 0 Å². The molecule has 0 heterocycles. The lowest BCUT2D eigenvalue weighted by atomic mass is 10.0. The van der Waals surface area contributed by atoms with Gasteiger partial charge in [-0.2, -0.15) is 0 Å². The van der Waals surface area contributed by atoms with E-state index in [0.717, 1.165) is 22.4 Å². The van der Waals surface area contributed by atoms with Crippen LogP contribution in [-0.2, 0) is 16.6 Å². The first-order valence-corrected chi connectivity index (χ1v) is 12.3. The van der Waals surface area contributed by atoms with Gasteiger partial charge < -0.3 is 5.32 Å². The molecule has 0 unspecified atom stereocenters. The molecule has 33 heavy (non-hydrogen) atoms. The SMILES string of the molecule is CS(=O)(=O)N(Cc1ccc(C(=O)Nc2ccccc2-c2ccccc2)cc1)c1ccccc1. The van der Waals surface area contributed by atoms with Gasteiger partial charge in [0, 0.05) is 16.8 Å². The third-order valence-corrected chi connectivity index (χ3v) is 6.39. The summed E-state index contributed by atoms with van der Waals surface area (Å²) in [6.45, 7) is 0.182. The number of benzene rings is 4. The van der Waals surface area contributed by atoms with E-state index < -0.39 is 10.0 Å². The molecule has 0 spiro atoms. The van der Waals surface area contributed by atoms with Gasteiger partial charge >= 0.3 is 0 Å². The molecule has 0 fully saturated rings. The smallest absolute Gasteiger partial charge is 0.255 e. The van der Waals surface area contributed by atoms with Crippen LogP contribution in [0.15, 0.2) is 109 Å². The minimum absolute atomic E-state index is 0.182. The summed E-state index contributed by atoms with van der Waals surface area (Å²) < 4.78 is 26.0. The molecule has 4 aromatic carbocycles. The van der Waals surface area contributed by atoms with E-state index >= 15 is 0 Å². The molecular weight excluding hydrogens is 432 g/mol. The molecule has 0 atom stereocenters. The number of anilines is 2. The molecule has 6 heteroatoms. The second kappa shape index (κ2) is 9.71. The number of nitrogens with zero attached hydrogens (tertiary/aromatic N) is 1. The zero-order valence-corrected chi connectivity index (χ0v) is 19.0. The molecule has 0 bridgehead atoms. The number of carbonyl (C=O) groups excluding carboxylic acids is 1. The highest BCUT2D eigenvalue weighted by Gasteiger charge is 2.18. The Morgan fingerprint density at radius 1 is 0.758 bits per heavy atom. The maximum atomic E-state index is 12.9. The van der Waals surface area contributed by atoms with Crippen molar-refractivity contribution in [2.24, 2.45) is 0 Å². The molecule has 0 aliphatic rings. The number of carbonyl (C=O) groups is 1. The lowest BCUT2D eigenvalue weighted by molar-refractivity contribution is 0.102. The van der Waals surface area contributed by atoms with Crippen molar-refractivity contribution in [3.8, 4) is 11.1 Å². The Hall–Kier alpha value is -3.90. The topological polar surface area (TPSA) is 66.5 Å². The number of amides is 1. The van der Waals surface area contributed by atoms with E-state index in [9.17, 15) is 13.2 Å². The summed E-state index contributed by atoms with van der Waals surface area (Å²) in [4.78, 5) is 12.9. The zero-order valence-electron chi connectivity index (χ0n) is 18.2. The van der Waals surface area contributed by atoms with Crippen LogP contribution >= 0.6 is 0 Å². The number of hydrogen-bond donors (Lipinski definition) is 1. The lowest BCUT2D eigenvalue weighted by Gasteiger charge is -2.22. The van der Waals surface area contributed by atoms with Gasteiger partial charge in [0.05, 0.1) is 18.5 Å². The van der Waals surface area contributed by atoms with E-state index in [1.165, 1.54) is 10.6 Å². The third kappa shape index (κ3) is 5.48. The van der Waals surface area contributed by atoms with Gasteiger partial charge in [-0.15, -0.1) is 0 Å². The Morgan fingerprint density at radius 3 is 1.97 bits per heavy atom. The van der Waals surface area contributed by atoms with Crippen molar-refractivity contribution in [3.63, 3.8) is 0 Å². The summed E-state index contributed by atoms with van der Waals surface area (Å²) in [5.41, 5.74) is 4.56. The average molecular weight is 457 g/mol. The van der Waals surface area contributed by atoms with Crippen molar-refractivity contribution in [3.05, 3.63) is 120 Å². The highest BCUT2D eigenvalue weighted by atomic mass is 32.2. The number of hydrogen-bond acceptors (Lipinski definition) is 3. The first-order valence-electron chi connectivity index (χ1n) is 10.5. The molecule has 5 nitrogen and oxygen atoms in total. The fourth-order valence-corrected chi connectivity index (χ4v) is 4.47. The second-order valence-corrected chi connectivity index (χ2v) is 9.57. The van der Waals surface area contributed by atoms with Gasteiger partial charge in [0.2, 0.25) is 10.0 Å². The molecule has 4 rings (SSSR count). The van der Waals surface area contributed by atoms with E-state index in [2.05, 4.69) is 5.32 Å². The number of sulfonamides is 1. The third-order valence-electron chi connectivity index (χ3n) is 5.25. The van der Waals surface area contributed by atoms with Crippen molar-refractivity contribution in [2.75, 3.05) is 15.9 Å². The summed E-state index contributed by atoms with van der Waals surface area (Å²) in [5.74, 6) is -0.229. The summed E-state index contributed by atoms with van der Waals surface area (Å²) in [7, 11) is -3.46. The van der Waals surface area contributed by atoms with Crippen LogP contribution in [0.1, 0.15) is 15.9 Å². The molecule has 0 saturated carbocycles. The van der Waals surface area contributed by atoms with Gasteiger partial charge in [-0.05, 0) is 41.5 Å². The fraction of sp³-hybridized carbons (Fsp3) is 0.0741. The van der Waals surface area contributed by atoms with Crippen LogP contribution < -0.4 is 9.62 Å². The van der Waals surface area contributed by atoms with Crippen molar-refractivity contribution < 1.29 is 13.2 Å². The molecule has 0 radical (unpaired) electrons. The van der Waals surface area contributed by atoms with Gasteiger partial charge in [0.1, 0.15) is 0 Å². The molecule has 4 aromatic rings. The van der Waals surface area contributed by atoms with Crippen LogP contribution in [-0.4, -0.2) is 20.6 Å². The minimum atomic E-state index is -3.46. The standard InChI is InChI=1S/C27H24N2O3S/c1-33(31,32)29(24-12-6-3-7-13-24)20-21-16-18-23(19-17-21)27(30)28-26-15-9-8-14-25(26)22-10-4-2-5-11-22/h2-19H,20H2,1H3,(H,28,30). The van der Waals surface area contributed by atoms with Crippen LogP contribution in [0.5, 0.6) is 0 Å². The van der Waals surface area contributed by atoms with Gasteiger partial charge in [-0.25, -0.2) is 8.42 Å². The van der Waals surface area contributed by atoms with Crippen LogP contribution in [0.25, 0.3) is 11.1 Å². The zero-order chi connectivity index (χ0) is 23.3. The van der Waals surface area contributed by atoms with Gasteiger partial charge in [0.25, 0.3) is 5.91 Å². The second-order valence-electron chi connectivity index (χ2n) is 7.67. The van der Waals surface area contributed by atoms with Crippen molar-refractivity contribution in [1.29, 1.82) is 0 Å². The van der Waals surface area contributed by atoms with Crippen LogP contribution in [0.2, 0.25) is 0 Å². The Bertz CT molecular complexity index is 1340. The summed E-state index contributed by atoms with van der Waals surface area (Å²) in [6.07, 6.45) is 1.19. The van der Waals surface area contributed by atoms with E-state index in [-0.39, 0.29) is 12.5 Å². The van der Waals surface area contributed by atoms with Gasteiger partial charge in [0.15, 0.2) is 0 Å². The predicted molar refractivity (Wildman–Crippen MR) is 134 cm³/mol. The van der Waals surface area contributed by atoms with Crippen molar-refractivity contribution >= 4 is 27.3 Å². The van der Waals surface area contributed by atoms with Crippen molar-refractivity contribution in [1.82, 2.24) is 0 Å². The predicted octanol–water partition coefficient (Wildman–Crippen LogP) is 5.57. The summed E-state index contributed by atoms with van der Waals surface area (Å²) >= 11 is 0. The molecule has 166 valence electrons. The average Bonchev–Trinajstić information content (AvgIpc) is 2.83. The molecule has 1 N–H and O–H groups in total. The van der Waals surface area contributed by atoms with E-state index in [4.69, 9.17) is 0 Å². The van der Waals surface area contributed by atoms with Crippen molar-refractivity contribution in [2.45, 2.75) is 6.54 Å². The Balaban J connectivity index is 1.52. The van der Waals surface area contributed by atoms with E-state index in [1.54, 1.807) is 48.5 Å². The monoisotopic (exact) mass is 456 g/mol. The molecule has 0 aliphatic heterocycles. The van der Waals surface area contributed by atoms with E-state index in [1.807, 2.05) is 60.7 Å². The van der Waals surface area contributed by atoms with E-state index in [0.29, 0.717) is 11.3 Å². The highest BCUT2D eigenvalue weighted by molar-refractivity contribution is 7.92. The summed E-state index contributed by atoms with van der Waals surface area (Å²) in [5, 5.41) is 2.99. The molecule has 0 aliphatic carbocycles. The van der Waals surface area contributed by atoms with Crippen LogP contribution in [0.4, 0.5) is 11.4 Å². The molecule has 0 saturated heterocycles. The summed E-state index contributed by atoms with van der Waals surface area (Å²) in [6, 6.07) is 33.5. The number of rotatable bonds is 7. The first kappa shape index (κ1) is 22.3. The maximum Gasteiger partial charge on any atom is 0.255 e. The fourth-order valence-electron chi connectivity index (χ4n) is 3.58. The maximum absolute atomic E-state index is 12.9.